The van der Waals surface area contributed by atoms with Crippen LogP contribution in [-0.4, -0.2) is 17.2 Å². The van der Waals surface area contributed by atoms with Crippen molar-refractivity contribution in [3.8, 4) is 0 Å². The van der Waals surface area contributed by atoms with Crippen molar-refractivity contribution in [1.82, 2.24) is 0 Å². The molecule has 0 aromatic heterocycles. The number of ether oxygens (including phenoxy) is 1. The quantitative estimate of drug-likeness (QED) is 0.795. The van der Waals surface area contributed by atoms with Crippen molar-refractivity contribution in [2.24, 2.45) is 5.92 Å². The minimum Gasteiger partial charge on any atom is -0.478 e. The third kappa shape index (κ3) is 4.71. The van der Waals surface area contributed by atoms with Gasteiger partial charge in [0.15, 0.2) is 0 Å². The first-order valence-corrected chi connectivity index (χ1v) is 7.81. The Hall–Kier alpha value is -1.61. The zero-order valence-electron chi connectivity index (χ0n) is 12.6. The van der Waals surface area contributed by atoms with Crippen LogP contribution in [0.15, 0.2) is 30.3 Å². The van der Waals surface area contributed by atoms with Crippen molar-refractivity contribution in [2.45, 2.75) is 51.7 Å². The van der Waals surface area contributed by atoms with E-state index in [4.69, 9.17) is 9.84 Å². The van der Waals surface area contributed by atoms with Gasteiger partial charge in [-0.1, -0.05) is 50.5 Å². The summed E-state index contributed by atoms with van der Waals surface area (Å²) in [6.07, 6.45) is 9.31. The Kier molecular flexibility index (Phi) is 6.00. The molecule has 0 saturated heterocycles. The maximum Gasteiger partial charge on any atom is 0.328 e. The van der Waals surface area contributed by atoms with Gasteiger partial charge in [0, 0.05) is 6.08 Å². The molecule has 0 spiro atoms. The molecule has 0 radical (unpaired) electrons. The summed E-state index contributed by atoms with van der Waals surface area (Å²) in [5, 5.41) is 8.75. The maximum absolute atomic E-state index is 10.7. The lowest BCUT2D eigenvalue weighted by molar-refractivity contribution is -0.131. The van der Waals surface area contributed by atoms with E-state index in [0.29, 0.717) is 18.6 Å². The molecule has 21 heavy (non-hydrogen) atoms. The van der Waals surface area contributed by atoms with Gasteiger partial charge in [0.05, 0.1) is 12.7 Å². The minimum atomic E-state index is -0.927. The molecule has 1 aliphatic rings. The van der Waals surface area contributed by atoms with E-state index in [1.54, 1.807) is 6.08 Å². The van der Waals surface area contributed by atoms with Crippen LogP contribution < -0.4 is 0 Å². The predicted molar refractivity (Wildman–Crippen MR) is 83.9 cm³/mol. The molecule has 1 aliphatic carbocycles. The topological polar surface area (TPSA) is 46.5 Å². The van der Waals surface area contributed by atoms with Crippen molar-refractivity contribution in [3.05, 3.63) is 41.5 Å². The summed E-state index contributed by atoms with van der Waals surface area (Å²) in [7, 11) is 0. The molecule has 2 rings (SSSR count). The van der Waals surface area contributed by atoms with Crippen LogP contribution in [0.5, 0.6) is 0 Å². The van der Waals surface area contributed by atoms with Crippen LogP contribution in [0, 0.1) is 5.92 Å². The SMILES string of the molecule is CCC1CCCCC1OCc1ccccc1C=CC(=O)O. The highest BCUT2D eigenvalue weighted by Crippen LogP contribution is 2.30. The molecule has 0 bridgehead atoms. The number of rotatable bonds is 6. The first kappa shape index (κ1) is 15.8. The molecule has 0 aliphatic heterocycles. The molecule has 3 nitrogen and oxygen atoms in total. The van der Waals surface area contributed by atoms with Gasteiger partial charge in [0.1, 0.15) is 0 Å². The Morgan fingerprint density at radius 1 is 1.33 bits per heavy atom. The Labute approximate surface area is 126 Å². The Morgan fingerprint density at radius 2 is 2.10 bits per heavy atom. The van der Waals surface area contributed by atoms with E-state index in [-0.39, 0.29) is 0 Å². The van der Waals surface area contributed by atoms with Gasteiger partial charge in [-0.15, -0.1) is 0 Å². The number of carbonyl (C=O) groups is 1. The maximum atomic E-state index is 10.7. The molecule has 1 fully saturated rings. The summed E-state index contributed by atoms with van der Waals surface area (Å²) in [4.78, 5) is 10.7. The third-order valence-electron chi connectivity index (χ3n) is 4.28. The van der Waals surface area contributed by atoms with E-state index >= 15 is 0 Å². The highest BCUT2D eigenvalue weighted by molar-refractivity contribution is 5.85. The molecule has 3 heteroatoms. The Bertz CT molecular complexity index is 493. The van der Waals surface area contributed by atoms with E-state index in [9.17, 15) is 4.79 Å². The van der Waals surface area contributed by atoms with Crippen molar-refractivity contribution in [1.29, 1.82) is 0 Å². The number of hydrogen-bond acceptors (Lipinski definition) is 2. The van der Waals surface area contributed by atoms with Crippen molar-refractivity contribution < 1.29 is 14.6 Å². The monoisotopic (exact) mass is 288 g/mol. The van der Waals surface area contributed by atoms with Crippen LogP contribution in [0.1, 0.15) is 50.2 Å². The molecule has 1 aromatic rings. The molecule has 114 valence electrons. The number of carboxylic acid groups (broad SMARTS) is 1. The summed E-state index contributed by atoms with van der Waals surface area (Å²) >= 11 is 0. The number of aliphatic carboxylic acids is 1. The fraction of sp³-hybridized carbons (Fsp3) is 0.500. The van der Waals surface area contributed by atoms with Gasteiger partial charge >= 0.3 is 5.97 Å². The average Bonchev–Trinajstić information content (AvgIpc) is 2.51. The summed E-state index contributed by atoms with van der Waals surface area (Å²) < 4.78 is 6.14. The van der Waals surface area contributed by atoms with Crippen molar-refractivity contribution in [2.75, 3.05) is 0 Å². The van der Waals surface area contributed by atoms with Gasteiger partial charge < -0.3 is 9.84 Å². The summed E-state index contributed by atoms with van der Waals surface area (Å²) in [5.74, 6) is -0.260. The Morgan fingerprint density at radius 3 is 2.86 bits per heavy atom. The van der Waals surface area contributed by atoms with E-state index in [1.807, 2.05) is 24.3 Å². The predicted octanol–water partition coefficient (Wildman–Crippen LogP) is 4.27. The zero-order valence-corrected chi connectivity index (χ0v) is 12.6. The smallest absolute Gasteiger partial charge is 0.328 e. The van der Waals surface area contributed by atoms with E-state index in [0.717, 1.165) is 17.5 Å². The van der Waals surface area contributed by atoms with Crippen LogP contribution in [0.3, 0.4) is 0 Å². The fourth-order valence-corrected chi connectivity index (χ4v) is 3.05. The Balaban J connectivity index is 2.00. The van der Waals surface area contributed by atoms with Crippen LogP contribution in [0.2, 0.25) is 0 Å². The van der Waals surface area contributed by atoms with Gasteiger partial charge in [0.2, 0.25) is 0 Å². The van der Waals surface area contributed by atoms with E-state index < -0.39 is 5.97 Å². The van der Waals surface area contributed by atoms with Gasteiger partial charge in [-0.3, -0.25) is 0 Å². The lowest BCUT2D eigenvalue weighted by Gasteiger charge is -2.31. The molecular weight excluding hydrogens is 264 g/mol. The standard InChI is InChI=1S/C18H24O3/c1-2-14-7-5-6-10-17(14)21-13-16-9-4-3-8-15(16)11-12-18(19)20/h3-4,8-9,11-12,14,17H,2,5-7,10,13H2,1H3,(H,19,20). The highest BCUT2D eigenvalue weighted by Gasteiger charge is 2.24. The van der Waals surface area contributed by atoms with Crippen LogP contribution in [-0.2, 0) is 16.1 Å². The van der Waals surface area contributed by atoms with E-state index in [2.05, 4.69) is 6.92 Å². The van der Waals surface area contributed by atoms with Crippen LogP contribution >= 0.6 is 0 Å². The van der Waals surface area contributed by atoms with E-state index in [1.165, 1.54) is 31.8 Å². The first-order chi connectivity index (χ1) is 10.2. The second-order valence-corrected chi connectivity index (χ2v) is 5.67. The van der Waals surface area contributed by atoms with Gasteiger partial charge in [0.25, 0.3) is 0 Å². The fourth-order valence-electron chi connectivity index (χ4n) is 3.05. The lowest BCUT2D eigenvalue weighted by atomic mass is 9.85. The molecule has 1 aromatic carbocycles. The normalized spacial score (nSPS) is 22.5. The molecule has 0 amide bonds. The summed E-state index contributed by atoms with van der Waals surface area (Å²) in [6.45, 7) is 2.79. The molecular formula is C18H24O3. The first-order valence-electron chi connectivity index (χ1n) is 7.81. The zero-order chi connectivity index (χ0) is 15.1. The third-order valence-corrected chi connectivity index (χ3v) is 4.28. The second-order valence-electron chi connectivity index (χ2n) is 5.67. The molecule has 1 N–H and O–H groups in total. The lowest BCUT2D eigenvalue weighted by Crippen LogP contribution is -2.27. The second kappa shape index (κ2) is 7.99. The van der Waals surface area contributed by atoms with Gasteiger partial charge in [-0.25, -0.2) is 4.79 Å². The minimum absolute atomic E-state index is 0.347. The average molecular weight is 288 g/mol. The molecule has 1 saturated carbocycles. The van der Waals surface area contributed by atoms with Crippen molar-refractivity contribution in [3.63, 3.8) is 0 Å². The molecule has 2 unspecified atom stereocenters. The van der Waals surface area contributed by atoms with Crippen LogP contribution in [0.25, 0.3) is 6.08 Å². The highest BCUT2D eigenvalue weighted by atomic mass is 16.5. The van der Waals surface area contributed by atoms with Crippen molar-refractivity contribution >= 4 is 12.0 Å². The number of carboxylic acids is 1. The van der Waals surface area contributed by atoms with Gasteiger partial charge in [-0.05, 0) is 36.0 Å². The molecule has 0 heterocycles. The van der Waals surface area contributed by atoms with Gasteiger partial charge in [-0.2, -0.15) is 0 Å². The summed E-state index contributed by atoms with van der Waals surface area (Å²) in [6, 6.07) is 7.82. The van der Waals surface area contributed by atoms with Crippen LogP contribution in [0.4, 0.5) is 0 Å². The molecule has 2 atom stereocenters. The largest absolute Gasteiger partial charge is 0.478 e. The number of benzene rings is 1. The summed E-state index contributed by atoms with van der Waals surface area (Å²) in [5.41, 5.74) is 1.97. The number of hydrogen-bond donors (Lipinski definition) is 1.